The number of nitrogens with zero attached hydrogens (tertiary/aromatic N) is 2. The van der Waals surface area contributed by atoms with Crippen molar-refractivity contribution in [1.29, 1.82) is 0 Å². The van der Waals surface area contributed by atoms with Gasteiger partial charge in [-0.05, 0) is 18.1 Å². The maximum atomic E-state index is 12.6. The van der Waals surface area contributed by atoms with Gasteiger partial charge in [0.05, 0.1) is 11.6 Å². The summed E-state index contributed by atoms with van der Waals surface area (Å²) in [5.74, 6) is 0.648. The van der Waals surface area contributed by atoms with Crippen LogP contribution in [0.4, 0.5) is 13.2 Å². The summed E-state index contributed by atoms with van der Waals surface area (Å²) in [6, 6.07) is 4.74. The van der Waals surface area contributed by atoms with E-state index in [1.807, 2.05) is 6.92 Å². The lowest BCUT2D eigenvalue weighted by Gasteiger charge is -2.07. The van der Waals surface area contributed by atoms with Crippen LogP contribution in [-0.2, 0) is 12.6 Å². The molecule has 0 saturated heterocycles. The minimum Gasteiger partial charge on any atom is -0.338 e. The fourth-order valence-electron chi connectivity index (χ4n) is 1.96. The van der Waals surface area contributed by atoms with Crippen molar-refractivity contribution < 1.29 is 17.7 Å². The van der Waals surface area contributed by atoms with E-state index in [4.69, 9.17) is 10.3 Å². The summed E-state index contributed by atoms with van der Waals surface area (Å²) in [4.78, 5) is 4.13. The zero-order chi connectivity index (χ0) is 15.5. The SMILES string of the molecule is CCC[C@H](N)c1nc(Cc2cccc(C(F)(F)F)c2)no1. The molecule has 2 N–H and O–H groups in total. The number of halogens is 3. The van der Waals surface area contributed by atoms with Gasteiger partial charge in [0.25, 0.3) is 0 Å². The minimum absolute atomic E-state index is 0.173. The Hall–Kier alpha value is -1.89. The number of benzene rings is 1. The molecule has 0 unspecified atom stereocenters. The Morgan fingerprint density at radius 1 is 1.33 bits per heavy atom. The van der Waals surface area contributed by atoms with Crippen molar-refractivity contribution in [3.63, 3.8) is 0 Å². The van der Waals surface area contributed by atoms with Gasteiger partial charge >= 0.3 is 6.18 Å². The molecular weight excluding hydrogens is 283 g/mol. The van der Waals surface area contributed by atoms with Crippen LogP contribution in [0.15, 0.2) is 28.8 Å². The fourth-order valence-corrected chi connectivity index (χ4v) is 1.96. The van der Waals surface area contributed by atoms with E-state index in [0.717, 1.165) is 18.6 Å². The van der Waals surface area contributed by atoms with Crippen molar-refractivity contribution in [3.05, 3.63) is 47.1 Å². The van der Waals surface area contributed by atoms with Crippen LogP contribution < -0.4 is 5.73 Å². The molecule has 4 nitrogen and oxygen atoms in total. The highest BCUT2D eigenvalue weighted by atomic mass is 19.4. The Balaban J connectivity index is 2.12. The Labute approximate surface area is 120 Å². The van der Waals surface area contributed by atoms with E-state index in [2.05, 4.69) is 10.1 Å². The molecule has 7 heteroatoms. The number of rotatable bonds is 5. The van der Waals surface area contributed by atoms with E-state index >= 15 is 0 Å². The van der Waals surface area contributed by atoms with Crippen molar-refractivity contribution in [2.45, 2.75) is 38.4 Å². The number of hydrogen-bond donors (Lipinski definition) is 1. The summed E-state index contributed by atoms with van der Waals surface area (Å²) in [7, 11) is 0. The van der Waals surface area contributed by atoms with Crippen LogP contribution in [-0.4, -0.2) is 10.1 Å². The topological polar surface area (TPSA) is 64.9 Å². The summed E-state index contributed by atoms with van der Waals surface area (Å²) in [6.07, 6.45) is -2.59. The number of nitrogens with two attached hydrogens (primary N) is 1. The van der Waals surface area contributed by atoms with Crippen LogP contribution in [0.1, 0.15) is 48.6 Å². The molecule has 114 valence electrons. The monoisotopic (exact) mass is 299 g/mol. The molecule has 1 atom stereocenters. The second kappa shape index (κ2) is 6.26. The second-order valence-corrected chi connectivity index (χ2v) is 4.82. The van der Waals surface area contributed by atoms with Gasteiger partial charge in [-0.3, -0.25) is 0 Å². The van der Waals surface area contributed by atoms with Crippen LogP contribution in [0.2, 0.25) is 0 Å². The maximum absolute atomic E-state index is 12.6. The zero-order valence-corrected chi connectivity index (χ0v) is 11.5. The zero-order valence-electron chi connectivity index (χ0n) is 11.5. The first-order chi connectivity index (χ1) is 9.90. The molecule has 21 heavy (non-hydrogen) atoms. The third kappa shape index (κ3) is 4.04. The third-order valence-corrected chi connectivity index (χ3v) is 3.02. The van der Waals surface area contributed by atoms with Crippen LogP contribution in [0, 0.1) is 0 Å². The number of aromatic nitrogens is 2. The first-order valence-corrected chi connectivity index (χ1v) is 6.64. The van der Waals surface area contributed by atoms with Crippen molar-refractivity contribution in [1.82, 2.24) is 10.1 Å². The average Bonchev–Trinajstić information content (AvgIpc) is 2.87. The van der Waals surface area contributed by atoms with Gasteiger partial charge in [-0.2, -0.15) is 18.2 Å². The number of alkyl halides is 3. The molecule has 0 amide bonds. The molecule has 0 spiro atoms. The predicted molar refractivity (Wildman–Crippen MR) is 70.4 cm³/mol. The summed E-state index contributed by atoms with van der Waals surface area (Å²) in [5, 5.41) is 3.76. The second-order valence-electron chi connectivity index (χ2n) is 4.82. The largest absolute Gasteiger partial charge is 0.416 e. The van der Waals surface area contributed by atoms with Crippen molar-refractivity contribution in [2.75, 3.05) is 0 Å². The lowest BCUT2D eigenvalue weighted by Crippen LogP contribution is -2.10. The van der Waals surface area contributed by atoms with Gasteiger partial charge in [-0.25, -0.2) is 0 Å². The average molecular weight is 299 g/mol. The summed E-state index contributed by atoms with van der Waals surface area (Å²) < 4.78 is 42.9. The molecule has 0 aliphatic heterocycles. The van der Waals surface area contributed by atoms with Crippen molar-refractivity contribution >= 4 is 0 Å². The molecule has 0 fully saturated rings. The van der Waals surface area contributed by atoms with Gasteiger partial charge in [0.2, 0.25) is 5.89 Å². The molecule has 2 aromatic rings. The summed E-state index contributed by atoms with van der Waals surface area (Å²) in [6.45, 7) is 1.99. The van der Waals surface area contributed by atoms with Crippen molar-refractivity contribution in [3.8, 4) is 0 Å². The quantitative estimate of drug-likeness (QED) is 0.918. The van der Waals surface area contributed by atoms with E-state index in [9.17, 15) is 13.2 Å². The maximum Gasteiger partial charge on any atom is 0.416 e. The van der Waals surface area contributed by atoms with E-state index in [1.54, 1.807) is 6.07 Å². The van der Waals surface area contributed by atoms with Gasteiger partial charge in [0.15, 0.2) is 5.82 Å². The van der Waals surface area contributed by atoms with E-state index < -0.39 is 11.7 Å². The molecule has 2 rings (SSSR count). The molecule has 1 heterocycles. The smallest absolute Gasteiger partial charge is 0.338 e. The summed E-state index contributed by atoms with van der Waals surface area (Å²) in [5.41, 5.74) is 5.63. The van der Waals surface area contributed by atoms with Gasteiger partial charge in [0, 0.05) is 6.42 Å². The highest BCUT2D eigenvalue weighted by Gasteiger charge is 2.30. The van der Waals surface area contributed by atoms with Crippen molar-refractivity contribution in [2.24, 2.45) is 5.73 Å². The Bertz CT molecular complexity index is 595. The van der Waals surface area contributed by atoms with E-state index in [0.29, 0.717) is 23.7 Å². The fraction of sp³-hybridized carbons (Fsp3) is 0.429. The third-order valence-electron chi connectivity index (χ3n) is 3.02. The molecule has 0 aliphatic rings. The van der Waals surface area contributed by atoms with Crippen LogP contribution >= 0.6 is 0 Å². The Morgan fingerprint density at radius 3 is 2.76 bits per heavy atom. The first kappa shape index (κ1) is 15.5. The van der Waals surface area contributed by atoms with Crippen LogP contribution in [0.25, 0.3) is 0 Å². The molecule has 0 saturated carbocycles. The lowest BCUT2D eigenvalue weighted by molar-refractivity contribution is -0.137. The van der Waals surface area contributed by atoms with Gasteiger partial charge < -0.3 is 10.3 Å². The normalized spacial score (nSPS) is 13.4. The van der Waals surface area contributed by atoms with E-state index in [1.165, 1.54) is 6.07 Å². The molecular formula is C14H16F3N3O. The molecule has 1 aromatic carbocycles. The van der Waals surface area contributed by atoms with Crippen LogP contribution in [0.3, 0.4) is 0 Å². The van der Waals surface area contributed by atoms with Gasteiger partial charge in [-0.15, -0.1) is 0 Å². The minimum atomic E-state index is -4.36. The standard InChI is InChI=1S/C14H16F3N3O/c1-2-4-11(18)13-19-12(20-21-13)8-9-5-3-6-10(7-9)14(15,16)17/h3,5-7,11H,2,4,8,18H2,1H3/t11-/m0/s1. The Kier molecular flexibility index (Phi) is 4.62. The Morgan fingerprint density at radius 2 is 2.10 bits per heavy atom. The highest BCUT2D eigenvalue weighted by Crippen LogP contribution is 2.29. The first-order valence-electron chi connectivity index (χ1n) is 6.64. The van der Waals surface area contributed by atoms with Gasteiger partial charge in [0.1, 0.15) is 0 Å². The molecule has 0 aliphatic carbocycles. The number of hydrogen-bond acceptors (Lipinski definition) is 4. The lowest BCUT2D eigenvalue weighted by atomic mass is 10.1. The molecule has 1 aromatic heterocycles. The predicted octanol–water partition coefficient (Wildman–Crippen LogP) is 3.48. The molecule has 0 bridgehead atoms. The van der Waals surface area contributed by atoms with Crippen LogP contribution in [0.5, 0.6) is 0 Å². The summed E-state index contributed by atoms with van der Waals surface area (Å²) >= 11 is 0. The molecule has 0 radical (unpaired) electrons. The van der Waals surface area contributed by atoms with Gasteiger partial charge in [-0.1, -0.05) is 36.7 Å². The highest BCUT2D eigenvalue weighted by molar-refractivity contribution is 5.27. The van der Waals surface area contributed by atoms with E-state index in [-0.39, 0.29) is 12.5 Å².